The van der Waals surface area contributed by atoms with E-state index in [0.717, 1.165) is 44.3 Å². The van der Waals surface area contributed by atoms with Crippen LogP contribution in [0.2, 0.25) is 0 Å². The predicted molar refractivity (Wildman–Crippen MR) is 211 cm³/mol. The fourth-order valence-electron chi connectivity index (χ4n) is 7.38. The summed E-state index contributed by atoms with van der Waals surface area (Å²) in [5.41, 5.74) is 13.9. The van der Waals surface area contributed by atoms with Crippen LogP contribution in [0.4, 0.5) is 5.69 Å². The first-order valence-corrected chi connectivity index (χ1v) is 18.1. The van der Waals surface area contributed by atoms with Gasteiger partial charge in [-0.25, -0.2) is 0 Å². The predicted octanol–water partition coefficient (Wildman–Crippen LogP) is 12.4. The first-order valence-electron chi connectivity index (χ1n) is 18.1. The van der Waals surface area contributed by atoms with E-state index in [-0.39, 0.29) is 0 Å². The lowest BCUT2D eigenvalue weighted by atomic mass is 10.00. The molecule has 0 N–H and O–H groups in total. The number of hydrogen-bond donors (Lipinski definition) is 0. The van der Waals surface area contributed by atoms with Crippen molar-refractivity contribution in [3.63, 3.8) is 0 Å². The van der Waals surface area contributed by atoms with E-state index in [4.69, 9.17) is 4.74 Å². The highest BCUT2D eigenvalue weighted by Gasteiger charge is 2.19. The Morgan fingerprint density at radius 2 is 1.42 bits per heavy atom. The van der Waals surface area contributed by atoms with Crippen LogP contribution in [-0.4, -0.2) is 11.2 Å². The van der Waals surface area contributed by atoms with Gasteiger partial charge in [0.1, 0.15) is 5.75 Å². The van der Waals surface area contributed by atoms with Gasteiger partial charge in [0.2, 0.25) is 0 Å². The lowest BCUT2D eigenvalue weighted by molar-refractivity contribution is 0.311. The Morgan fingerprint density at radius 3 is 2.18 bits per heavy atom. The molecule has 1 heterocycles. The summed E-state index contributed by atoms with van der Waals surface area (Å²) in [6.07, 6.45) is 17.9. The molecular formula is C47H44N2O. The monoisotopic (exact) mass is 652 g/mol. The number of fused-ring (bicyclic) bond motifs is 3. The zero-order chi connectivity index (χ0) is 33.9. The van der Waals surface area contributed by atoms with Crippen molar-refractivity contribution in [3.05, 3.63) is 174 Å². The molecule has 0 bridgehead atoms. The van der Waals surface area contributed by atoms with Gasteiger partial charge >= 0.3 is 0 Å². The average molecular weight is 653 g/mol. The van der Waals surface area contributed by atoms with Crippen LogP contribution in [0.5, 0.6) is 5.75 Å². The van der Waals surface area contributed by atoms with E-state index in [0.29, 0.717) is 6.61 Å². The molecule has 50 heavy (non-hydrogen) atoms. The summed E-state index contributed by atoms with van der Waals surface area (Å²) in [5, 5.41) is 2.58. The third-order valence-corrected chi connectivity index (χ3v) is 10.1. The number of aryl methyl sites for hydroxylation is 2. The Morgan fingerprint density at radius 1 is 0.680 bits per heavy atom. The van der Waals surface area contributed by atoms with Gasteiger partial charge in [-0.05, 0) is 141 Å². The summed E-state index contributed by atoms with van der Waals surface area (Å²) in [6, 6.07) is 42.1. The van der Waals surface area contributed by atoms with Gasteiger partial charge in [-0.1, -0.05) is 84.5 Å². The molecule has 0 saturated heterocycles. The van der Waals surface area contributed by atoms with Crippen molar-refractivity contribution in [2.45, 2.75) is 52.4 Å². The van der Waals surface area contributed by atoms with Crippen LogP contribution in [-0.2, 0) is 6.42 Å². The second kappa shape index (κ2) is 14.1. The lowest BCUT2D eigenvalue weighted by Gasteiger charge is -2.31. The number of ether oxygens (including phenoxy) is 1. The molecule has 0 radical (unpaired) electrons. The van der Waals surface area contributed by atoms with Crippen LogP contribution in [0.1, 0.15) is 50.2 Å². The molecule has 0 amide bonds. The summed E-state index contributed by atoms with van der Waals surface area (Å²) in [5.74, 6) is 0.939. The van der Waals surface area contributed by atoms with Gasteiger partial charge < -0.3 is 14.2 Å². The number of allylic oxidation sites excluding steroid dienone is 6. The Hall–Kier alpha value is -5.54. The Labute approximate surface area is 296 Å². The van der Waals surface area contributed by atoms with Gasteiger partial charge in [0.05, 0.1) is 17.6 Å². The zero-order valence-electron chi connectivity index (χ0n) is 29.1. The molecule has 0 fully saturated rings. The maximum absolute atomic E-state index is 6.00. The van der Waals surface area contributed by atoms with Crippen molar-refractivity contribution in [1.82, 2.24) is 4.57 Å². The quantitative estimate of drug-likeness (QED) is 0.137. The number of benzene rings is 5. The maximum atomic E-state index is 6.00. The molecule has 5 aromatic carbocycles. The van der Waals surface area contributed by atoms with Crippen LogP contribution < -0.4 is 9.64 Å². The zero-order valence-corrected chi connectivity index (χ0v) is 29.1. The molecule has 0 aliphatic heterocycles. The van der Waals surface area contributed by atoms with E-state index in [2.05, 4.69) is 169 Å². The smallest absolute Gasteiger partial charge is 0.119 e. The molecule has 1 aromatic heterocycles. The van der Waals surface area contributed by atoms with Gasteiger partial charge in [-0.15, -0.1) is 0 Å². The standard InChI is InChI=1S/C47H44N2O/c1-34-18-29-42(30-19-34)50-32-10-12-36-20-31-47-44(33-36)43-15-7-9-17-46(43)49(47)41-27-23-38(24-28-41)37-21-25-40(26-22-37)48(39-13-4-3-5-14-39)45-16-8-6-11-35(45)2/h4,7-9,13-31,33H,3,5-6,10-12,32H2,1-2H3. The molecule has 0 saturated carbocycles. The molecule has 248 valence electrons. The highest BCUT2D eigenvalue weighted by Crippen LogP contribution is 2.36. The van der Waals surface area contributed by atoms with E-state index in [9.17, 15) is 0 Å². The highest BCUT2D eigenvalue weighted by molar-refractivity contribution is 6.09. The average Bonchev–Trinajstić information content (AvgIpc) is 3.49. The number of anilines is 1. The van der Waals surface area contributed by atoms with E-state index >= 15 is 0 Å². The molecule has 6 aromatic rings. The van der Waals surface area contributed by atoms with Gasteiger partial charge in [0, 0.05) is 33.5 Å². The minimum atomic E-state index is 0.709. The number of rotatable bonds is 10. The number of para-hydroxylation sites is 1. The molecule has 0 spiro atoms. The molecule has 3 heteroatoms. The van der Waals surface area contributed by atoms with E-state index in [1.165, 1.54) is 72.4 Å². The molecule has 2 aliphatic carbocycles. The summed E-state index contributed by atoms with van der Waals surface area (Å²) < 4.78 is 8.40. The lowest BCUT2D eigenvalue weighted by Crippen LogP contribution is -2.22. The van der Waals surface area contributed by atoms with Crippen molar-refractivity contribution in [1.29, 1.82) is 0 Å². The Bertz CT molecular complexity index is 2260. The highest BCUT2D eigenvalue weighted by atomic mass is 16.5. The summed E-state index contributed by atoms with van der Waals surface area (Å²) in [6.45, 7) is 5.08. The summed E-state index contributed by atoms with van der Waals surface area (Å²) in [7, 11) is 0. The van der Waals surface area contributed by atoms with Crippen molar-refractivity contribution in [2.24, 2.45) is 0 Å². The number of nitrogens with zero attached hydrogens (tertiary/aromatic N) is 2. The third-order valence-electron chi connectivity index (χ3n) is 10.1. The first kappa shape index (κ1) is 31.7. The largest absolute Gasteiger partial charge is 0.494 e. The SMILES string of the molecule is CC1=C(N(C2=CCCC=C2)c2ccc(-c3ccc(-n4c5ccccc5c5cc(CCCOc6ccc(C)cc6)ccc54)cc3)cc2)C=CCC1. The van der Waals surface area contributed by atoms with Gasteiger partial charge in [0.25, 0.3) is 0 Å². The summed E-state index contributed by atoms with van der Waals surface area (Å²) >= 11 is 0. The van der Waals surface area contributed by atoms with Crippen molar-refractivity contribution in [3.8, 4) is 22.6 Å². The van der Waals surface area contributed by atoms with E-state index in [1.807, 2.05) is 0 Å². The minimum Gasteiger partial charge on any atom is -0.494 e. The third kappa shape index (κ3) is 6.44. The second-order valence-electron chi connectivity index (χ2n) is 13.6. The number of hydrogen-bond acceptors (Lipinski definition) is 2. The normalized spacial score (nSPS) is 14.4. The molecule has 0 atom stereocenters. The molecule has 3 nitrogen and oxygen atoms in total. The molecule has 0 unspecified atom stereocenters. The first-order chi connectivity index (χ1) is 24.6. The van der Waals surface area contributed by atoms with Crippen molar-refractivity contribution >= 4 is 27.5 Å². The molecule has 2 aliphatic rings. The fraction of sp³-hybridized carbons (Fsp3) is 0.191. The van der Waals surface area contributed by atoms with Crippen LogP contribution in [0, 0.1) is 6.92 Å². The van der Waals surface area contributed by atoms with Crippen LogP contribution >= 0.6 is 0 Å². The fourth-order valence-corrected chi connectivity index (χ4v) is 7.38. The van der Waals surface area contributed by atoms with E-state index in [1.54, 1.807) is 0 Å². The Kier molecular flexibility index (Phi) is 8.96. The Balaban J connectivity index is 1.04. The van der Waals surface area contributed by atoms with Crippen LogP contribution in [0.15, 0.2) is 163 Å². The molecular weight excluding hydrogens is 609 g/mol. The second-order valence-corrected chi connectivity index (χ2v) is 13.6. The summed E-state index contributed by atoms with van der Waals surface area (Å²) in [4.78, 5) is 2.43. The molecule has 8 rings (SSSR count). The van der Waals surface area contributed by atoms with Crippen LogP contribution in [0.3, 0.4) is 0 Å². The van der Waals surface area contributed by atoms with Gasteiger partial charge in [0.15, 0.2) is 0 Å². The van der Waals surface area contributed by atoms with E-state index < -0.39 is 0 Å². The van der Waals surface area contributed by atoms with Gasteiger partial charge in [-0.3, -0.25) is 0 Å². The minimum absolute atomic E-state index is 0.709. The van der Waals surface area contributed by atoms with Gasteiger partial charge in [-0.2, -0.15) is 0 Å². The topological polar surface area (TPSA) is 17.4 Å². The maximum Gasteiger partial charge on any atom is 0.119 e. The van der Waals surface area contributed by atoms with Crippen molar-refractivity contribution < 1.29 is 4.74 Å². The van der Waals surface area contributed by atoms with Crippen molar-refractivity contribution in [2.75, 3.05) is 11.5 Å². The van der Waals surface area contributed by atoms with Crippen LogP contribution in [0.25, 0.3) is 38.6 Å². The number of aromatic nitrogens is 1.